The van der Waals surface area contributed by atoms with Crippen LogP contribution in [0.2, 0.25) is 0 Å². The SMILES string of the molecule is CCCC[C@H]1C(=O)N(C)[C@@H](CCCC)C(=O)N[C@@H](CCCN)C(=O)N[C@H](C(=O)CCC(N)=O)CSCC(=O)N[C@@H](Cc2ccc(OC)cc2)C(=O)N(C)[C@@H](C)C(=O)N[C@@H](CCN)C(=O)N2CCC[C@H]2C(=O)N[C@@H](CN)C(=O)N[C@@H](CCC(=O)O)C(=O)N2C[C@H](O)C[C@H]2C(=O)N[C@@H](Cc2c[nH]c3ccccc23)C(=O)C[C@@H](CCN)C(=O)N[C@@H](Cc2c[nH]c3ccccc23)C(=O)N1C. The molecule has 3 aromatic carbocycles. The predicted octanol–water partition coefficient (Wildman–Crippen LogP) is -1.18. The second kappa shape index (κ2) is 51.0. The van der Waals surface area contributed by atoms with Gasteiger partial charge in [0.1, 0.15) is 72.2 Å². The molecule has 131 heavy (non-hydrogen) atoms. The number of nitrogens with one attached hydrogen (secondary N) is 10. The van der Waals surface area contributed by atoms with Gasteiger partial charge in [0.05, 0.1) is 31.1 Å². The van der Waals surface area contributed by atoms with Crippen LogP contribution in [0.3, 0.4) is 0 Å². The van der Waals surface area contributed by atoms with Crippen LogP contribution in [-0.4, -0.2) is 309 Å². The van der Waals surface area contributed by atoms with Crippen molar-refractivity contribution in [3.8, 4) is 5.75 Å². The number of likely N-dealkylation sites (N-methyl/N-ethyl adjacent to an activating group) is 3. The Morgan fingerprint density at radius 1 is 0.511 bits per heavy atom. The Kier molecular flexibility index (Phi) is 40.7. The fourth-order valence-corrected chi connectivity index (χ4v) is 17.5. The topological polar surface area (TPSA) is 614 Å². The number of hydrogen-bond acceptors (Lipinski definition) is 24. The molecule has 0 spiro atoms. The van der Waals surface area contributed by atoms with Crippen LogP contribution in [0.25, 0.3) is 21.8 Å². The molecular formula is C90H130N20O20S. The van der Waals surface area contributed by atoms with Crippen molar-refractivity contribution >= 4 is 134 Å². The normalized spacial score (nSPS) is 25.3. The number of benzene rings is 3. The number of thioether (sulfide) groups is 1. The zero-order valence-corrected chi connectivity index (χ0v) is 76.3. The number of aliphatic hydroxyl groups excluding tert-OH is 1. The van der Waals surface area contributed by atoms with Gasteiger partial charge < -0.3 is 121 Å². The summed E-state index contributed by atoms with van der Waals surface area (Å²) in [6, 6.07) is 1.78. The number of nitrogens with two attached hydrogens (primary N) is 5. The van der Waals surface area contributed by atoms with Gasteiger partial charge in [0.25, 0.3) is 0 Å². The minimum absolute atomic E-state index is 0.0325. The van der Waals surface area contributed by atoms with Crippen molar-refractivity contribution in [2.45, 2.75) is 240 Å². The standard InChI is InChI=1S/C90H130N20O20S/c1-8-10-23-70-83(122)99-62(22-16-36-91)81(120)105-69(74(112)31-32-76(95)114)49-131-50-77(115)98-66(40-52-26-28-57(130-7)29-27-52)86(125)106(4)51(3)79(118)100-64(35-38-93)88(127)109-39-17-25-71(109)84(123)104-68(45-94)82(121)101-63(30-33-78(116)117)89(128)110-48-56(111)44-73(110)85(124)102-65(41-54-46-96-60-20-14-12-18-58(54)60)75(113)43-53(34-37-92)80(119)103-67(42-55-47-97-61-21-15-13-19-59(55)61)87(126)108(6)72(24-11-9-2)90(129)107(70)5/h12-15,18-21,26-29,46-47,51,53,56,62-73,96-97,111H,8-11,16-17,22-25,30-45,48-50,91-94H2,1-7H3,(H2,95,114)(H,98,115)(H,99,122)(H,100,118)(H,101,121)(H,102,124)(H,103,119)(H,104,123)(H,105,120)(H,116,117)/t51-,53+,56+,62-,63-,64-,65-,66-,67-,68-,69-,70-,71-,72-,73-/m0/s1. The zero-order valence-electron chi connectivity index (χ0n) is 75.5. The Balaban J connectivity index is 1.18. The molecule has 3 saturated heterocycles. The van der Waals surface area contributed by atoms with Crippen LogP contribution in [0, 0.1) is 5.92 Å². The van der Waals surface area contributed by atoms with Crippen LogP contribution < -0.4 is 75.9 Å². The van der Waals surface area contributed by atoms with Gasteiger partial charge in [0, 0.05) is 138 Å². The van der Waals surface area contributed by atoms with E-state index in [1.807, 2.05) is 26.0 Å². The molecule has 22 N–H and O–H groups in total. The molecule has 0 unspecified atom stereocenters. The van der Waals surface area contributed by atoms with Crippen LogP contribution in [0.4, 0.5) is 0 Å². The third kappa shape index (κ3) is 29.0. The third-order valence-corrected chi connectivity index (χ3v) is 25.4. The van der Waals surface area contributed by atoms with Crippen molar-refractivity contribution < 1.29 is 96.5 Å². The zero-order chi connectivity index (χ0) is 95.9. The van der Waals surface area contributed by atoms with Gasteiger partial charge in [0.15, 0.2) is 11.6 Å². The van der Waals surface area contributed by atoms with Gasteiger partial charge in [0.2, 0.25) is 82.7 Å². The van der Waals surface area contributed by atoms with Crippen molar-refractivity contribution in [2.24, 2.45) is 34.6 Å². The molecule has 0 bridgehead atoms. The molecule has 716 valence electrons. The maximum atomic E-state index is 15.8. The largest absolute Gasteiger partial charge is 0.497 e. The van der Waals surface area contributed by atoms with Crippen molar-refractivity contribution in [3.63, 3.8) is 0 Å². The number of aliphatic carboxylic acids is 1. The molecule has 0 saturated carbocycles. The van der Waals surface area contributed by atoms with Crippen LogP contribution in [0.15, 0.2) is 85.2 Å². The van der Waals surface area contributed by atoms with E-state index in [1.54, 1.807) is 73.1 Å². The van der Waals surface area contributed by atoms with E-state index in [-0.39, 0.29) is 103 Å². The fraction of sp³-hybridized carbons (Fsp3) is 0.567. The average molecular weight is 1840 g/mol. The van der Waals surface area contributed by atoms with E-state index in [0.29, 0.717) is 69.9 Å². The number of Topliss-reactive ketones (excluding diaryl/α,β-unsaturated/α-hetero) is 2. The van der Waals surface area contributed by atoms with Gasteiger partial charge in [-0.15, -0.1) is 11.8 Å². The summed E-state index contributed by atoms with van der Waals surface area (Å²) in [6.45, 7) is 3.57. The first-order chi connectivity index (χ1) is 62.6. The molecule has 40 nitrogen and oxygen atoms in total. The quantitative estimate of drug-likeness (QED) is 0.0280. The summed E-state index contributed by atoms with van der Waals surface area (Å²) in [6.07, 6.45) is -0.0821. The van der Waals surface area contributed by atoms with Crippen molar-refractivity contribution in [3.05, 3.63) is 102 Å². The van der Waals surface area contributed by atoms with E-state index in [0.717, 1.165) is 21.6 Å². The summed E-state index contributed by atoms with van der Waals surface area (Å²) in [5.74, 6) is -16.5. The number of aromatic amines is 2. The van der Waals surface area contributed by atoms with Crippen LogP contribution in [0.1, 0.15) is 153 Å². The molecule has 41 heteroatoms. The number of aliphatic hydroxyl groups is 1. The summed E-state index contributed by atoms with van der Waals surface area (Å²) in [7, 11) is 5.54. The van der Waals surface area contributed by atoms with Gasteiger partial charge in [-0.3, -0.25) is 81.5 Å². The molecule has 3 aliphatic rings. The first-order valence-corrected chi connectivity index (χ1v) is 45.9. The first kappa shape index (κ1) is 104. The Morgan fingerprint density at radius 3 is 1.66 bits per heavy atom. The number of carbonyl (C=O) groups excluding carboxylic acids is 16. The molecule has 14 amide bonds. The van der Waals surface area contributed by atoms with Gasteiger partial charge in [-0.05, 0) is 125 Å². The number of carbonyl (C=O) groups is 17. The van der Waals surface area contributed by atoms with Crippen LogP contribution >= 0.6 is 11.8 Å². The second-order valence-electron chi connectivity index (χ2n) is 33.7. The fourth-order valence-electron chi connectivity index (χ4n) is 16.6. The molecule has 5 heterocycles. The number of ether oxygens (including phenoxy) is 1. The Bertz CT molecular complexity index is 4840. The third-order valence-electron chi connectivity index (χ3n) is 24.3. The number of aromatic nitrogens is 2. The van der Waals surface area contributed by atoms with Crippen molar-refractivity contribution in [2.75, 3.05) is 79.0 Å². The molecular weight excluding hydrogens is 1710 g/mol. The highest BCUT2D eigenvalue weighted by Gasteiger charge is 2.46. The highest BCUT2D eigenvalue weighted by atomic mass is 32.2. The molecule has 3 fully saturated rings. The van der Waals surface area contributed by atoms with Crippen LogP contribution in [0.5, 0.6) is 5.75 Å². The maximum absolute atomic E-state index is 15.8. The summed E-state index contributed by atoms with van der Waals surface area (Å²) in [4.78, 5) is 261. The lowest BCUT2D eigenvalue weighted by atomic mass is 9.91. The Labute approximate surface area is 765 Å². The number of ketones is 2. The number of carboxylic acid groups (broad SMARTS) is 1. The van der Waals surface area contributed by atoms with E-state index in [2.05, 4.69) is 52.5 Å². The minimum Gasteiger partial charge on any atom is -0.497 e. The number of hydrogen-bond donors (Lipinski definition) is 17. The lowest BCUT2D eigenvalue weighted by molar-refractivity contribution is -0.149. The number of rotatable bonds is 28. The predicted molar refractivity (Wildman–Crippen MR) is 487 cm³/mol. The number of amides is 14. The van der Waals surface area contributed by atoms with Gasteiger partial charge in [-0.25, -0.2) is 0 Å². The van der Waals surface area contributed by atoms with E-state index >= 15 is 33.6 Å². The van der Waals surface area contributed by atoms with Crippen LogP contribution in [-0.2, 0) is 101 Å². The number of carboxylic acids is 1. The highest BCUT2D eigenvalue weighted by molar-refractivity contribution is 8.00. The molecule has 8 rings (SSSR count). The average Bonchev–Trinajstić information content (AvgIpc) is 1.68. The summed E-state index contributed by atoms with van der Waals surface area (Å²) in [5.41, 5.74) is 33.0. The Morgan fingerprint density at radius 2 is 1.05 bits per heavy atom. The van der Waals surface area contributed by atoms with E-state index in [4.69, 9.17) is 33.4 Å². The van der Waals surface area contributed by atoms with E-state index in [1.165, 1.54) is 49.9 Å². The number of unbranched alkanes of at least 4 members (excludes halogenated alkanes) is 2. The first-order valence-electron chi connectivity index (χ1n) is 44.8. The molecule has 2 aromatic heterocycles. The number of methoxy groups -OCH3 is 1. The Hall–Kier alpha value is -11.9. The number of primary amides is 1. The van der Waals surface area contributed by atoms with E-state index in [9.17, 15) is 58.2 Å². The smallest absolute Gasteiger partial charge is 0.303 e. The number of nitrogens with zero attached hydrogens (tertiary/aromatic N) is 5. The van der Waals surface area contributed by atoms with Crippen molar-refractivity contribution in [1.29, 1.82) is 0 Å². The monoisotopic (exact) mass is 1840 g/mol. The number of para-hydroxylation sites is 2. The molecule has 0 aliphatic carbocycles. The molecule has 15 atom stereocenters. The van der Waals surface area contributed by atoms with Gasteiger partial charge >= 0.3 is 5.97 Å². The number of H-pyrrole nitrogens is 2. The summed E-state index contributed by atoms with van der Waals surface area (Å²) in [5, 5.41) is 44.4. The van der Waals surface area contributed by atoms with Crippen molar-refractivity contribution in [1.82, 2.24) is 77.0 Å². The second-order valence-corrected chi connectivity index (χ2v) is 34.8. The lowest BCUT2D eigenvalue weighted by Gasteiger charge is -2.36. The molecule has 3 aliphatic heterocycles. The minimum atomic E-state index is -1.78. The van der Waals surface area contributed by atoms with Gasteiger partial charge in [-0.1, -0.05) is 88.1 Å². The highest BCUT2D eigenvalue weighted by Crippen LogP contribution is 2.29. The summed E-state index contributed by atoms with van der Waals surface area (Å²) < 4.78 is 5.35. The molecule has 5 aromatic rings. The summed E-state index contributed by atoms with van der Waals surface area (Å²) >= 11 is 0.860. The molecule has 0 radical (unpaired) electrons. The lowest BCUT2D eigenvalue weighted by Crippen LogP contribution is -2.61. The van der Waals surface area contributed by atoms with E-state index < -0.39 is 248 Å². The maximum Gasteiger partial charge on any atom is 0.303 e. The van der Waals surface area contributed by atoms with Gasteiger partial charge in [-0.2, -0.15) is 0 Å². The number of fused-ring (bicyclic) bond motifs is 4.